The lowest BCUT2D eigenvalue weighted by Gasteiger charge is -2.08. The smallest absolute Gasteiger partial charge is 0.224 e. The number of halogens is 1. The van der Waals surface area contributed by atoms with E-state index in [0.717, 1.165) is 0 Å². The van der Waals surface area contributed by atoms with E-state index in [-0.39, 0.29) is 18.1 Å². The number of nitrogens with one attached hydrogen (secondary N) is 1. The molecule has 0 aliphatic rings. The molecule has 0 heterocycles. The fourth-order valence-corrected chi connectivity index (χ4v) is 1.86. The van der Waals surface area contributed by atoms with Crippen molar-refractivity contribution in [2.75, 3.05) is 11.9 Å². The Kier molecular flexibility index (Phi) is 5.50. The van der Waals surface area contributed by atoms with Gasteiger partial charge in [-0.3, -0.25) is 4.79 Å². The number of nitriles is 1. The number of ether oxygens (including phenoxy) is 1. The summed E-state index contributed by atoms with van der Waals surface area (Å²) in [5, 5.41) is 11.6. The molecule has 5 heteroatoms. The van der Waals surface area contributed by atoms with Crippen LogP contribution in [0.15, 0.2) is 48.5 Å². The van der Waals surface area contributed by atoms with Crippen molar-refractivity contribution < 1.29 is 13.9 Å². The molecule has 2 aromatic rings. The predicted octanol–water partition coefficient (Wildman–Crippen LogP) is 3.50. The molecular weight excluding hydrogens is 283 g/mol. The molecule has 1 amide bonds. The van der Waals surface area contributed by atoms with Crippen molar-refractivity contribution in [3.8, 4) is 11.8 Å². The standard InChI is InChI=1S/C17H15FN2O2/c18-14-7-9-15(10-8-14)22-11-3-6-17(21)20-16-5-2-1-4-13(16)12-19/h1-2,4-5,7-10H,3,6,11H2,(H,20,21). The highest BCUT2D eigenvalue weighted by molar-refractivity contribution is 5.92. The summed E-state index contributed by atoms with van der Waals surface area (Å²) in [6.45, 7) is 0.360. The maximum Gasteiger partial charge on any atom is 0.224 e. The summed E-state index contributed by atoms with van der Waals surface area (Å²) in [4.78, 5) is 11.8. The number of carbonyl (C=O) groups is 1. The molecule has 0 aliphatic carbocycles. The number of hydrogen-bond acceptors (Lipinski definition) is 3. The van der Waals surface area contributed by atoms with Crippen molar-refractivity contribution >= 4 is 11.6 Å². The number of rotatable bonds is 6. The molecular formula is C17H15FN2O2. The summed E-state index contributed by atoms with van der Waals surface area (Å²) < 4.78 is 18.1. The van der Waals surface area contributed by atoms with Crippen molar-refractivity contribution in [1.82, 2.24) is 0 Å². The Hall–Kier alpha value is -2.87. The Labute approximate surface area is 128 Å². The lowest BCUT2D eigenvalue weighted by Crippen LogP contribution is -2.13. The van der Waals surface area contributed by atoms with Crippen LogP contribution in [0.5, 0.6) is 5.75 Å². The zero-order valence-corrected chi connectivity index (χ0v) is 11.9. The quantitative estimate of drug-likeness (QED) is 0.830. The van der Waals surface area contributed by atoms with Crippen molar-refractivity contribution in [3.05, 3.63) is 59.9 Å². The van der Waals surface area contributed by atoms with Crippen LogP contribution in [0, 0.1) is 17.1 Å². The minimum absolute atomic E-state index is 0.176. The molecule has 0 radical (unpaired) electrons. The van der Waals surface area contributed by atoms with Crippen LogP contribution in [-0.2, 0) is 4.79 Å². The van der Waals surface area contributed by atoms with Gasteiger partial charge in [0.15, 0.2) is 0 Å². The maximum absolute atomic E-state index is 12.7. The third-order valence-corrected chi connectivity index (χ3v) is 2.95. The highest BCUT2D eigenvalue weighted by Gasteiger charge is 2.06. The van der Waals surface area contributed by atoms with Crippen LogP contribution in [0.2, 0.25) is 0 Å². The molecule has 4 nitrogen and oxygen atoms in total. The summed E-state index contributed by atoms with van der Waals surface area (Å²) in [5.41, 5.74) is 0.938. The molecule has 0 aliphatic heterocycles. The van der Waals surface area contributed by atoms with E-state index in [4.69, 9.17) is 10.00 Å². The first-order valence-electron chi connectivity index (χ1n) is 6.86. The van der Waals surface area contributed by atoms with Gasteiger partial charge in [0.1, 0.15) is 17.6 Å². The molecule has 0 atom stereocenters. The van der Waals surface area contributed by atoms with E-state index in [1.165, 1.54) is 12.1 Å². The highest BCUT2D eigenvalue weighted by Crippen LogP contribution is 2.14. The van der Waals surface area contributed by atoms with Crippen LogP contribution in [0.1, 0.15) is 18.4 Å². The average Bonchev–Trinajstić information content (AvgIpc) is 2.54. The van der Waals surface area contributed by atoms with Crippen LogP contribution < -0.4 is 10.1 Å². The van der Waals surface area contributed by atoms with E-state index >= 15 is 0 Å². The van der Waals surface area contributed by atoms with Crippen LogP contribution in [0.3, 0.4) is 0 Å². The fraction of sp³-hybridized carbons (Fsp3) is 0.176. The zero-order chi connectivity index (χ0) is 15.8. The Morgan fingerprint density at radius 2 is 1.91 bits per heavy atom. The van der Waals surface area contributed by atoms with Gasteiger partial charge in [0.2, 0.25) is 5.91 Å². The van der Waals surface area contributed by atoms with Gasteiger partial charge in [-0.15, -0.1) is 0 Å². The first kappa shape index (κ1) is 15.5. The Morgan fingerprint density at radius 3 is 2.64 bits per heavy atom. The van der Waals surface area contributed by atoms with Crippen LogP contribution in [0.25, 0.3) is 0 Å². The molecule has 0 spiro atoms. The largest absolute Gasteiger partial charge is 0.494 e. The lowest BCUT2D eigenvalue weighted by molar-refractivity contribution is -0.116. The summed E-state index contributed by atoms with van der Waals surface area (Å²) in [6, 6.07) is 14.6. The van der Waals surface area contributed by atoms with Crippen molar-refractivity contribution in [2.45, 2.75) is 12.8 Å². The summed E-state index contributed by atoms with van der Waals surface area (Å²) >= 11 is 0. The van der Waals surface area contributed by atoms with Gasteiger partial charge in [0.05, 0.1) is 17.9 Å². The van der Waals surface area contributed by atoms with E-state index in [1.807, 2.05) is 6.07 Å². The van der Waals surface area contributed by atoms with Gasteiger partial charge in [-0.25, -0.2) is 4.39 Å². The molecule has 22 heavy (non-hydrogen) atoms. The third kappa shape index (κ3) is 4.60. The van der Waals surface area contributed by atoms with Crippen LogP contribution in [-0.4, -0.2) is 12.5 Å². The van der Waals surface area contributed by atoms with Crippen LogP contribution in [0.4, 0.5) is 10.1 Å². The summed E-state index contributed by atoms with van der Waals surface area (Å²) in [6.07, 6.45) is 0.804. The van der Waals surface area contributed by atoms with E-state index in [9.17, 15) is 9.18 Å². The fourth-order valence-electron chi connectivity index (χ4n) is 1.86. The normalized spacial score (nSPS) is 9.82. The maximum atomic E-state index is 12.7. The number of nitrogens with zero attached hydrogens (tertiary/aromatic N) is 1. The molecule has 0 bridgehead atoms. The van der Waals surface area contributed by atoms with Crippen molar-refractivity contribution in [1.29, 1.82) is 5.26 Å². The minimum atomic E-state index is -0.317. The zero-order valence-electron chi connectivity index (χ0n) is 11.9. The predicted molar refractivity (Wildman–Crippen MR) is 80.9 cm³/mol. The van der Waals surface area contributed by atoms with E-state index in [1.54, 1.807) is 36.4 Å². The molecule has 112 valence electrons. The molecule has 0 aromatic heterocycles. The second kappa shape index (κ2) is 7.79. The number of carbonyl (C=O) groups excluding carboxylic acids is 1. The Morgan fingerprint density at radius 1 is 1.18 bits per heavy atom. The van der Waals surface area contributed by atoms with E-state index < -0.39 is 0 Å². The first-order valence-corrected chi connectivity index (χ1v) is 6.86. The Bertz CT molecular complexity index is 678. The molecule has 2 rings (SSSR count). The first-order chi connectivity index (χ1) is 10.7. The van der Waals surface area contributed by atoms with Gasteiger partial charge in [0.25, 0.3) is 0 Å². The average molecular weight is 298 g/mol. The molecule has 0 saturated heterocycles. The SMILES string of the molecule is N#Cc1ccccc1NC(=O)CCCOc1ccc(F)cc1. The second-order valence-corrected chi connectivity index (χ2v) is 4.61. The molecule has 0 fully saturated rings. The van der Waals surface area contributed by atoms with Crippen molar-refractivity contribution in [2.24, 2.45) is 0 Å². The topological polar surface area (TPSA) is 62.1 Å². The van der Waals surface area contributed by atoms with E-state index in [2.05, 4.69) is 5.32 Å². The molecule has 0 saturated carbocycles. The molecule has 2 aromatic carbocycles. The number of para-hydroxylation sites is 1. The molecule has 1 N–H and O–H groups in total. The Balaban J connectivity index is 1.74. The molecule has 0 unspecified atom stereocenters. The highest BCUT2D eigenvalue weighted by atomic mass is 19.1. The number of amides is 1. The van der Waals surface area contributed by atoms with Gasteiger partial charge in [-0.2, -0.15) is 5.26 Å². The van der Waals surface area contributed by atoms with Crippen molar-refractivity contribution in [3.63, 3.8) is 0 Å². The summed E-state index contributed by atoms with van der Waals surface area (Å²) in [7, 11) is 0. The number of anilines is 1. The monoisotopic (exact) mass is 298 g/mol. The third-order valence-electron chi connectivity index (χ3n) is 2.95. The second-order valence-electron chi connectivity index (χ2n) is 4.61. The number of hydrogen-bond donors (Lipinski definition) is 1. The van der Waals surface area contributed by atoms with Gasteiger partial charge in [-0.1, -0.05) is 12.1 Å². The van der Waals surface area contributed by atoms with Gasteiger partial charge < -0.3 is 10.1 Å². The number of benzene rings is 2. The lowest BCUT2D eigenvalue weighted by atomic mass is 10.2. The van der Waals surface area contributed by atoms with Gasteiger partial charge in [0, 0.05) is 6.42 Å². The minimum Gasteiger partial charge on any atom is -0.494 e. The summed E-state index contributed by atoms with van der Waals surface area (Å²) in [5.74, 6) is 0.0740. The van der Waals surface area contributed by atoms with E-state index in [0.29, 0.717) is 30.0 Å². The van der Waals surface area contributed by atoms with Crippen LogP contribution >= 0.6 is 0 Å². The van der Waals surface area contributed by atoms with Gasteiger partial charge in [-0.05, 0) is 42.8 Å². The van der Waals surface area contributed by atoms with Gasteiger partial charge >= 0.3 is 0 Å².